The molecule has 164 valence electrons. The minimum Gasteiger partial charge on any atom is -0.444 e. The largest absolute Gasteiger partial charge is 0.444 e. The van der Waals surface area contributed by atoms with Gasteiger partial charge in [0, 0.05) is 52.4 Å². The number of carbonyl (C=O) groups excluding carboxylic acids is 1. The van der Waals surface area contributed by atoms with Crippen molar-refractivity contribution >= 4 is 12.1 Å². The molecule has 0 aliphatic carbocycles. The highest BCUT2D eigenvalue weighted by molar-refractivity contribution is 5.80. The molecule has 9 heteroatoms. The number of guanidine groups is 1. The van der Waals surface area contributed by atoms with Crippen LogP contribution in [0.15, 0.2) is 21.8 Å². The van der Waals surface area contributed by atoms with E-state index in [1.165, 1.54) is 0 Å². The van der Waals surface area contributed by atoms with Crippen LogP contribution in [0.2, 0.25) is 0 Å². The van der Waals surface area contributed by atoms with Crippen LogP contribution in [0, 0.1) is 5.92 Å². The third-order valence-corrected chi connectivity index (χ3v) is 4.75. The maximum Gasteiger partial charge on any atom is 0.407 e. The Labute approximate surface area is 173 Å². The Balaban J connectivity index is 1.81. The van der Waals surface area contributed by atoms with Gasteiger partial charge in [-0.2, -0.15) is 0 Å². The highest BCUT2D eigenvalue weighted by Gasteiger charge is 2.24. The normalized spacial score (nSPS) is 17.3. The summed E-state index contributed by atoms with van der Waals surface area (Å²) >= 11 is 0. The number of nitrogens with zero attached hydrogens (tertiary/aromatic N) is 4. The van der Waals surface area contributed by atoms with Gasteiger partial charge in [-0.1, -0.05) is 19.0 Å². The van der Waals surface area contributed by atoms with Crippen LogP contribution in [-0.2, 0) is 11.3 Å². The molecule has 1 aromatic heterocycles. The minimum atomic E-state index is -0.513. The average molecular weight is 409 g/mol. The molecule has 2 N–H and O–H groups in total. The average Bonchev–Trinajstić information content (AvgIpc) is 3.13. The summed E-state index contributed by atoms with van der Waals surface area (Å²) in [4.78, 5) is 21.2. The molecular formula is C20H36N6O3. The second-order valence-corrected chi connectivity index (χ2v) is 8.68. The Bertz CT molecular complexity index is 646. The van der Waals surface area contributed by atoms with E-state index in [-0.39, 0.29) is 12.0 Å². The van der Waals surface area contributed by atoms with Gasteiger partial charge in [0.1, 0.15) is 11.9 Å². The van der Waals surface area contributed by atoms with Gasteiger partial charge in [0.15, 0.2) is 5.96 Å². The van der Waals surface area contributed by atoms with E-state index in [1.54, 1.807) is 13.3 Å². The molecule has 0 aromatic carbocycles. The zero-order valence-corrected chi connectivity index (χ0v) is 18.6. The Morgan fingerprint density at radius 3 is 2.52 bits per heavy atom. The molecule has 1 amide bonds. The smallest absolute Gasteiger partial charge is 0.407 e. The van der Waals surface area contributed by atoms with Crippen LogP contribution in [-0.4, -0.2) is 78.4 Å². The van der Waals surface area contributed by atoms with E-state index in [1.807, 2.05) is 26.8 Å². The molecule has 1 atom stereocenters. The number of piperazine rings is 1. The van der Waals surface area contributed by atoms with Gasteiger partial charge in [-0.05, 0) is 26.7 Å². The monoisotopic (exact) mass is 408 g/mol. The standard InChI is InChI=1S/C20H36N6O3/c1-15(2)17(23-19(27)29-20(3,4)5)13-22-18(21-6)26-10-8-25(9-11-26)14-16-7-12-28-24-16/h7,12,15,17H,8-11,13-14H2,1-6H3,(H,21,22)(H,23,27). The highest BCUT2D eigenvalue weighted by Crippen LogP contribution is 2.10. The fourth-order valence-electron chi connectivity index (χ4n) is 3.11. The van der Waals surface area contributed by atoms with Gasteiger partial charge < -0.3 is 24.8 Å². The van der Waals surface area contributed by atoms with Crippen molar-refractivity contribution in [2.45, 2.75) is 52.8 Å². The lowest BCUT2D eigenvalue weighted by molar-refractivity contribution is 0.0491. The number of aromatic nitrogens is 1. The van der Waals surface area contributed by atoms with Crippen LogP contribution in [0.5, 0.6) is 0 Å². The number of ether oxygens (including phenoxy) is 1. The van der Waals surface area contributed by atoms with Crippen molar-refractivity contribution in [3.05, 3.63) is 18.0 Å². The van der Waals surface area contributed by atoms with E-state index in [4.69, 9.17) is 9.26 Å². The molecule has 0 radical (unpaired) electrons. The molecule has 1 fully saturated rings. The second kappa shape index (κ2) is 10.5. The maximum absolute atomic E-state index is 12.1. The molecule has 9 nitrogen and oxygen atoms in total. The van der Waals surface area contributed by atoms with Crippen LogP contribution < -0.4 is 10.6 Å². The van der Waals surface area contributed by atoms with Crippen molar-refractivity contribution in [2.24, 2.45) is 10.9 Å². The van der Waals surface area contributed by atoms with Gasteiger partial charge in [0.25, 0.3) is 0 Å². The molecule has 0 saturated carbocycles. The first-order chi connectivity index (χ1) is 13.7. The van der Waals surface area contributed by atoms with Crippen molar-refractivity contribution in [3.8, 4) is 0 Å². The van der Waals surface area contributed by atoms with Crippen molar-refractivity contribution in [1.82, 2.24) is 25.6 Å². The number of hydrogen-bond donors (Lipinski definition) is 2. The van der Waals surface area contributed by atoms with Crippen LogP contribution in [0.1, 0.15) is 40.3 Å². The zero-order chi connectivity index (χ0) is 21.4. The van der Waals surface area contributed by atoms with Crippen LogP contribution in [0.25, 0.3) is 0 Å². The molecule has 1 aromatic rings. The van der Waals surface area contributed by atoms with Crippen LogP contribution >= 0.6 is 0 Å². The van der Waals surface area contributed by atoms with Crippen molar-refractivity contribution in [3.63, 3.8) is 0 Å². The van der Waals surface area contributed by atoms with E-state index in [0.29, 0.717) is 6.54 Å². The minimum absolute atomic E-state index is 0.0601. The summed E-state index contributed by atoms with van der Waals surface area (Å²) in [6.45, 7) is 14.7. The van der Waals surface area contributed by atoms with E-state index in [0.717, 1.165) is 44.4 Å². The predicted octanol–water partition coefficient (Wildman–Crippen LogP) is 1.92. The summed E-state index contributed by atoms with van der Waals surface area (Å²) in [5.41, 5.74) is 0.440. The van der Waals surface area contributed by atoms with Gasteiger partial charge in [-0.25, -0.2) is 4.79 Å². The van der Waals surface area contributed by atoms with Crippen molar-refractivity contribution < 1.29 is 14.1 Å². The Morgan fingerprint density at radius 1 is 1.31 bits per heavy atom. The first-order valence-corrected chi connectivity index (χ1v) is 10.2. The fraction of sp³-hybridized carbons (Fsp3) is 0.750. The van der Waals surface area contributed by atoms with Crippen molar-refractivity contribution in [2.75, 3.05) is 39.8 Å². The van der Waals surface area contributed by atoms with E-state index < -0.39 is 11.7 Å². The van der Waals surface area contributed by atoms with Gasteiger partial charge in [-0.3, -0.25) is 9.89 Å². The molecule has 2 rings (SSSR count). The number of hydrogen-bond acceptors (Lipinski definition) is 6. The molecule has 1 aliphatic rings. The lowest BCUT2D eigenvalue weighted by Gasteiger charge is -2.36. The lowest BCUT2D eigenvalue weighted by Crippen LogP contribution is -2.55. The van der Waals surface area contributed by atoms with Gasteiger partial charge in [-0.15, -0.1) is 0 Å². The Hall–Kier alpha value is -2.29. The molecular weight excluding hydrogens is 372 g/mol. The number of aliphatic imine (C=N–C) groups is 1. The summed E-state index contributed by atoms with van der Waals surface area (Å²) in [6, 6.07) is 1.84. The number of carbonyl (C=O) groups is 1. The molecule has 29 heavy (non-hydrogen) atoms. The van der Waals surface area contributed by atoms with Gasteiger partial charge in [0.05, 0.1) is 11.7 Å². The fourth-order valence-corrected chi connectivity index (χ4v) is 3.11. The molecule has 1 aliphatic heterocycles. The summed E-state index contributed by atoms with van der Waals surface area (Å²) < 4.78 is 10.3. The van der Waals surface area contributed by atoms with Gasteiger partial charge in [0.2, 0.25) is 0 Å². The SMILES string of the molecule is CN=C(NCC(NC(=O)OC(C)(C)C)C(C)C)N1CCN(Cc2ccon2)CC1. The van der Waals surface area contributed by atoms with Crippen LogP contribution in [0.4, 0.5) is 4.79 Å². The molecule has 0 bridgehead atoms. The number of nitrogens with one attached hydrogen (secondary N) is 2. The summed E-state index contributed by atoms with van der Waals surface area (Å²) in [5.74, 6) is 1.11. The van der Waals surface area contributed by atoms with E-state index in [2.05, 4.69) is 44.4 Å². The number of amides is 1. The third-order valence-electron chi connectivity index (χ3n) is 4.75. The molecule has 1 saturated heterocycles. The topological polar surface area (TPSA) is 95.2 Å². The van der Waals surface area contributed by atoms with Gasteiger partial charge >= 0.3 is 6.09 Å². The first-order valence-electron chi connectivity index (χ1n) is 10.2. The first kappa shape index (κ1) is 23.0. The zero-order valence-electron chi connectivity index (χ0n) is 18.6. The summed E-state index contributed by atoms with van der Waals surface area (Å²) in [5, 5.41) is 10.4. The third kappa shape index (κ3) is 7.92. The Kier molecular flexibility index (Phi) is 8.31. The highest BCUT2D eigenvalue weighted by atomic mass is 16.6. The number of rotatable bonds is 6. The molecule has 1 unspecified atom stereocenters. The summed E-state index contributed by atoms with van der Waals surface area (Å²) in [6.07, 6.45) is 1.21. The lowest BCUT2D eigenvalue weighted by atomic mass is 10.0. The quantitative estimate of drug-likeness (QED) is 0.548. The van der Waals surface area contributed by atoms with Crippen molar-refractivity contribution in [1.29, 1.82) is 0 Å². The Morgan fingerprint density at radius 2 is 2.00 bits per heavy atom. The number of alkyl carbamates (subject to hydrolysis) is 1. The maximum atomic E-state index is 12.1. The summed E-state index contributed by atoms with van der Waals surface area (Å²) in [7, 11) is 1.79. The van der Waals surface area contributed by atoms with E-state index >= 15 is 0 Å². The molecule has 0 spiro atoms. The molecule has 2 heterocycles. The van der Waals surface area contributed by atoms with Crippen LogP contribution in [0.3, 0.4) is 0 Å². The predicted molar refractivity (Wildman–Crippen MR) is 113 cm³/mol. The second-order valence-electron chi connectivity index (χ2n) is 8.68. The van der Waals surface area contributed by atoms with E-state index in [9.17, 15) is 4.79 Å².